The Morgan fingerprint density at radius 3 is 2.83 bits per heavy atom. The maximum Gasteiger partial charge on any atom is 0.248 e. The maximum atomic E-state index is 13.2. The molecule has 0 unspecified atom stereocenters. The summed E-state index contributed by atoms with van der Waals surface area (Å²) < 4.78 is 2.55. The third kappa shape index (κ3) is 3.27. The summed E-state index contributed by atoms with van der Waals surface area (Å²) in [6.45, 7) is 0.190. The second-order valence-electron chi connectivity index (χ2n) is 7.67. The Kier molecular flexibility index (Phi) is 4.31. The van der Waals surface area contributed by atoms with E-state index in [4.69, 9.17) is 5.73 Å². The number of amides is 2. The third-order valence-electron chi connectivity index (χ3n) is 5.81. The average molecular weight is 454 g/mol. The van der Waals surface area contributed by atoms with Gasteiger partial charge in [-0.15, -0.1) is 0 Å². The van der Waals surface area contributed by atoms with E-state index < -0.39 is 6.04 Å². The predicted molar refractivity (Wildman–Crippen MR) is 114 cm³/mol. The lowest BCUT2D eigenvalue weighted by Gasteiger charge is -2.27. The molecule has 2 aromatic heterocycles. The topological polar surface area (TPSA) is 93.2 Å². The molecule has 2 fully saturated rings. The molecule has 148 valence electrons. The van der Waals surface area contributed by atoms with Crippen molar-refractivity contribution in [3.05, 3.63) is 53.3 Å². The van der Waals surface area contributed by atoms with Crippen LogP contribution in [0.5, 0.6) is 0 Å². The number of likely N-dealkylation sites (tertiary alicyclic amines) is 1. The molecule has 5 rings (SSSR count). The molecule has 1 aromatic carbocycles. The van der Waals surface area contributed by atoms with E-state index in [2.05, 4.69) is 26.2 Å². The van der Waals surface area contributed by atoms with E-state index in [0.717, 1.165) is 17.3 Å². The number of benzene rings is 1. The Balaban J connectivity index is 1.35. The summed E-state index contributed by atoms with van der Waals surface area (Å²) in [7, 11) is 0. The van der Waals surface area contributed by atoms with Crippen molar-refractivity contribution in [1.82, 2.24) is 14.5 Å². The zero-order valence-electron chi connectivity index (χ0n) is 15.6. The number of piperidine rings is 1. The molecule has 0 spiro atoms. The minimum absolute atomic E-state index is 0.0442. The Hall–Kier alpha value is -2.87. The molecule has 3 atom stereocenters. The summed E-state index contributed by atoms with van der Waals surface area (Å²) >= 11 is 3.31. The summed E-state index contributed by atoms with van der Waals surface area (Å²) in [4.78, 5) is 32.1. The first kappa shape index (κ1) is 18.2. The number of halogens is 1. The van der Waals surface area contributed by atoms with Gasteiger partial charge in [-0.25, -0.2) is 4.98 Å². The smallest absolute Gasteiger partial charge is 0.248 e. The SMILES string of the molecule is Nc1cccc2c1ccn2CC(=O)N1[C@@H]2C[C@@H]2C[C@H]1C(=O)Nc1cccc(Br)n1. The van der Waals surface area contributed by atoms with Crippen LogP contribution in [0.2, 0.25) is 0 Å². The van der Waals surface area contributed by atoms with Crippen LogP contribution < -0.4 is 11.1 Å². The number of fused-ring (bicyclic) bond motifs is 2. The summed E-state index contributed by atoms with van der Waals surface area (Å²) in [5.41, 5.74) is 7.64. The maximum absolute atomic E-state index is 13.2. The second kappa shape index (κ2) is 6.88. The Labute approximate surface area is 176 Å². The van der Waals surface area contributed by atoms with Crippen molar-refractivity contribution in [3.8, 4) is 0 Å². The Morgan fingerprint density at radius 2 is 2.00 bits per heavy atom. The minimum Gasteiger partial charge on any atom is -0.398 e. The van der Waals surface area contributed by atoms with Crippen molar-refractivity contribution < 1.29 is 9.59 Å². The number of rotatable bonds is 4. The first-order chi connectivity index (χ1) is 14.0. The van der Waals surface area contributed by atoms with Gasteiger partial charge >= 0.3 is 0 Å². The number of anilines is 2. The van der Waals surface area contributed by atoms with Crippen LogP contribution in [0.3, 0.4) is 0 Å². The van der Waals surface area contributed by atoms with E-state index in [0.29, 0.717) is 28.4 Å². The summed E-state index contributed by atoms with van der Waals surface area (Å²) in [5.74, 6) is 0.668. The van der Waals surface area contributed by atoms with Crippen LogP contribution in [0, 0.1) is 5.92 Å². The van der Waals surface area contributed by atoms with Gasteiger partial charge in [0.25, 0.3) is 0 Å². The van der Waals surface area contributed by atoms with Gasteiger partial charge in [-0.05, 0) is 65.0 Å². The molecule has 1 saturated carbocycles. The molecule has 0 bridgehead atoms. The van der Waals surface area contributed by atoms with Gasteiger partial charge in [0.05, 0.1) is 5.52 Å². The van der Waals surface area contributed by atoms with Crippen molar-refractivity contribution in [2.45, 2.75) is 31.5 Å². The molecule has 3 aromatic rings. The van der Waals surface area contributed by atoms with Crippen LogP contribution in [-0.2, 0) is 16.1 Å². The van der Waals surface area contributed by atoms with Crippen molar-refractivity contribution in [1.29, 1.82) is 0 Å². The van der Waals surface area contributed by atoms with Gasteiger partial charge in [0.15, 0.2) is 0 Å². The summed E-state index contributed by atoms with van der Waals surface area (Å²) in [6, 6.07) is 12.7. The lowest BCUT2D eigenvalue weighted by Crippen LogP contribution is -2.46. The normalized spacial score (nSPS) is 22.5. The Bertz CT molecular complexity index is 1130. The Morgan fingerprint density at radius 1 is 1.17 bits per heavy atom. The van der Waals surface area contributed by atoms with Crippen LogP contribution in [0.25, 0.3) is 10.9 Å². The highest BCUT2D eigenvalue weighted by molar-refractivity contribution is 9.10. The molecule has 1 aliphatic heterocycles. The van der Waals surface area contributed by atoms with E-state index in [-0.39, 0.29) is 24.4 Å². The molecule has 1 saturated heterocycles. The van der Waals surface area contributed by atoms with Crippen molar-refractivity contribution in [2.75, 3.05) is 11.1 Å². The van der Waals surface area contributed by atoms with Crippen LogP contribution >= 0.6 is 15.9 Å². The van der Waals surface area contributed by atoms with E-state index >= 15 is 0 Å². The number of hydrogen-bond acceptors (Lipinski definition) is 4. The molecule has 2 amide bonds. The van der Waals surface area contributed by atoms with Crippen molar-refractivity contribution >= 4 is 50.2 Å². The van der Waals surface area contributed by atoms with Gasteiger partial charge in [0.1, 0.15) is 23.0 Å². The lowest BCUT2D eigenvalue weighted by atomic mass is 10.1. The highest BCUT2D eigenvalue weighted by atomic mass is 79.9. The highest BCUT2D eigenvalue weighted by Crippen LogP contribution is 2.48. The lowest BCUT2D eigenvalue weighted by molar-refractivity contribution is -0.138. The number of carbonyl (C=O) groups is 2. The number of nitrogens with one attached hydrogen (secondary N) is 1. The van der Waals surface area contributed by atoms with Crippen LogP contribution in [-0.4, -0.2) is 38.3 Å². The van der Waals surface area contributed by atoms with Crippen molar-refractivity contribution in [3.63, 3.8) is 0 Å². The number of carbonyl (C=O) groups excluding carboxylic acids is 2. The van der Waals surface area contributed by atoms with Gasteiger partial charge in [0.2, 0.25) is 11.8 Å². The van der Waals surface area contributed by atoms with Gasteiger partial charge in [-0.3, -0.25) is 9.59 Å². The van der Waals surface area contributed by atoms with Crippen LogP contribution in [0.15, 0.2) is 53.3 Å². The molecule has 3 N–H and O–H groups in total. The molecule has 29 heavy (non-hydrogen) atoms. The fraction of sp³-hybridized carbons (Fsp3) is 0.286. The first-order valence-corrected chi connectivity index (χ1v) is 10.4. The molecule has 8 heteroatoms. The number of nitrogens with zero attached hydrogens (tertiary/aromatic N) is 3. The van der Waals surface area contributed by atoms with Gasteiger partial charge in [0, 0.05) is 23.3 Å². The molecule has 2 aliphatic rings. The van der Waals surface area contributed by atoms with E-state index in [1.54, 1.807) is 17.0 Å². The van der Waals surface area contributed by atoms with Crippen LogP contribution in [0.4, 0.5) is 11.5 Å². The van der Waals surface area contributed by atoms with E-state index in [9.17, 15) is 9.59 Å². The fourth-order valence-electron chi connectivity index (χ4n) is 4.35. The quantitative estimate of drug-likeness (QED) is 0.468. The molecular weight excluding hydrogens is 434 g/mol. The largest absolute Gasteiger partial charge is 0.398 e. The zero-order chi connectivity index (χ0) is 20.1. The first-order valence-electron chi connectivity index (χ1n) is 9.59. The number of aromatic nitrogens is 2. The van der Waals surface area contributed by atoms with Gasteiger partial charge < -0.3 is 20.5 Å². The standard InChI is InChI=1S/C21H20BrN5O2/c22-18-5-2-6-19(24-18)25-21(29)17-10-12-9-16(12)27(17)20(28)11-26-8-7-13-14(23)3-1-4-15(13)26/h1-8,12,16-17H,9-11,23H2,(H,24,25,29)/t12-,16-,17+/m1/s1. The van der Waals surface area contributed by atoms with Crippen molar-refractivity contribution in [2.24, 2.45) is 5.92 Å². The second-order valence-corrected chi connectivity index (χ2v) is 8.49. The monoisotopic (exact) mass is 453 g/mol. The van der Waals surface area contributed by atoms with Gasteiger partial charge in [-0.1, -0.05) is 12.1 Å². The average Bonchev–Trinajstić information content (AvgIpc) is 3.15. The summed E-state index contributed by atoms with van der Waals surface area (Å²) in [5, 5.41) is 3.78. The number of hydrogen-bond donors (Lipinski definition) is 2. The number of nitrogen functional groups attached to an aromatic ring is 1. The fourth-order valence-corrected chi connectivity index (χ4v) is 4.69. The molecule has 0 radical (unpaired) electrons. The van der Waals surface area contributed by atoms with E-state index in [1.807, 2.05) is 41.1 Å². The number of nitrogens with two attached hydrogens (primary N) is 1. The predicted octanol–water partition coefficient (Wildman–Crippen LogP) is 3.01. The van der Waals surface area contributed by atoms with Crippen LogP contribution in [0.1, 0.15) is 12.8 Å². The minimum atomic E-state index is -0.459. The molecular formula is C21H20BrN5O2. The van der Waals surface area contributed by atoms with Gasteiger partial charge in [-0.2, -0.15) is 0 Å². The summed E-state index contributed by atoms with van der Waals surface area (Å²) in [6.07, 6.45) is 3.56. The van der Waals surface area contributed by atoms with E-state index in [1.165, 1.54) is 0 Å². The highest BCUT2D eigenvalue weighted by Gasteiger charge is 2.55. The zero-order valence-corrected chi connectivity index (χ0v) is 17.2. The number of pyridine rings is 1. The molecule has 1 aliphatic carbocycles. The molecule has 3 heterocycles. The molecule has 7 nitrogen and oxygen atoms in total. The third-order valence-corrected chi connectivity index (χ3v) is 6.26.